The van der Waals surface area contributed by atoms with Crippen molar-refractivity contribution in [3.8, 4) is 0 Å². The lowest BCUT2D eigenvalue weighted by Crippen LogP contribution is -2.53. The number of amides is 3. The zero-order valence-corrected chi connectivity index (χ0v) is 19.5. The Hall–Kier alpha value is -2.55. The van der Waals surface area contributed by atoms with E-state index in [0.717, 1.165) is 36.9 Å². The van der Waals surface area contributed by atoms with Gasteiger partial charge in [-0.05, 0) is 55.5 Å². The largest absolute Gasteiger partial charge is 0.370 e. The minimum atomic E-state index is -2.49. The van der Waals surface area contributed by atoms with E-state index in [2.05, 4.69) is 22.6 Å². The number of alkyl halides is 2. The minimum absolute atomic E-state index is 0.0181. The molecule has 2 aliphatic carbocycles. The number of carbonyl (C=O) groups is 3. The first-order valence-corrected chi connectivity index (χ1v) is 12.3. The molecular weight excluding hydrogens is 442 g/mol. The zero-order chi connectivity index (χ0) is 24.0. The number of hydrogen-bond acceptors (Lipinski definition) is 5. The summed E-state index contributed by atoms with van der Waals surface area (Å²) in [5.74, 6) is -3.31. The van der Waals surface area contributed by atoms with Crippen LogP contribution in [0.1, 0.15) is 67.3 Å². The monoisotopic (exact) mass is 474 g/mol. The van der Waals surface area contributed by atoms with Gasteiger partial charge in [-0.2, -0.15) is 0 Å². The van der Waals surface area contributed by atoms with E-state index in [1.807, 2.05) is 18.2 Å². The maximum absolute atomic E-state index is 13.2. The van der Waals surface area contributed by atoms with Crippen LogP contribution >= 0.6 is 0 Å². The number of hydrogen-bond donors (Lipinski definition) is 2. The first-order chi connectivity index (χ1) is 16.2. The minimum Gasteiger partial charge on any atom is -0.370 e. The first kappa shape index (κ1) is 23.2. The third-order valence-electron chi connectivity index (χ3n) is 7.98. The highest BCUT2D eigenvalue weighted by atomic mass is 19.3. The number of piperidine rings is 1. The fraction of sp³-hybridized carbons (Fsp3) is 0.640. The van der Waals surface area contributed by atoms with E-state index in [1.54, 1.807) is 4.90 Å². The van der Waals surface area contributed by atoms with Gasteiger partial charge < -0.3 is 15.1 Å². The number of carbonyl (C=O) groups excluding carboxylic acids is 3. The summed E-state index contributed by atoms with van der Waals surface area (Å²) in [6.45, 7) is 0.981. The van der Waals surface area contributed by atoms with Crippen LogP contribution in [0.4, 0.5) is 14.5 Å². The molecule has 2 N–H and O–H groups in total. The Bertz CT molecular complexity index is 992. The number of nitrogens with one attached hydrogen (secondary N) is 2. The second-order valence-corrected chi connectivity index (χ2v) is 10.3. The number of fused-ring (bicyclic) bond motifs is 1. The average molecular weight is 475 g/mol. The van der Waals surface area contributed by atoms with E-state index < -0.39 is 17.9 Å². The molecule has 3 atom stereocenters. The van der Waals surface area contributed by atoms with Crippen molar-refractivity contribution in [2.24, 2.45) is 5.92 Å². The second kappa shape index (κ2) is 8.91. The predicted octanol–water partition coefficient (Wildman–Crippen LogP) is 2.83. The Kier molecular flexibility index (Phi) is 6.08. The lowest BCUT2D eigenvalue weighted by Gasteiger charge is -2.42. The molecule has 7 nitrogen and oxygen atoms in total. The van der Waals surface area contributed by atoms with Crippen LogP contribution in [-0.4, -0.2) is 60.3 Å². The Morgan fingerprint density at radius 2 is 1.91 bits per heavy atom. The van der Waals surface area contributed by atoms with E-state index in [4.69, 9.17) is 0 Å². The van der Waals surface area contributed by atoms with Gasteiger partial charge in [0.05, 0.1) is 0 Å². The molecule has 2 heterocycles. The van der Waals surface area contributed by atoms with E-state index >= 15 is 0 Å². The van der Waals surface area contributed by atoms with Crippen LogP contribution in [0.3, 0.4) is 0 Å². The summed E-state index contributed by atoms with van der Waals surface area (Å²) in [6, 6.07) is 5.67. The summed E-state index contributed by atoms with van der Waals surface area (Å²) in [5.41, 5.74) is 2.49. The van der Waals surface area contributed by atoms with Gasteiger partial charge in [0.1, 0.15) is 6.04 Å². The van der Waals surface area contributed by atoms with Crippen LogP contribution in [-0.2, 0) is 16.1 Å². The Morgan fingerprint density at radius 3 is 2.65 bits per heavy atom. The van der Waals surface area contributed by atoms with Crippen molar-refractivity contribution in [2.45, 2.75) is 82.0 Å². The summed E-state index contributed by atoms with van der Waals surface area (Å²) in [7, 11) is 2.05. The third kappa shape index (κ3) is 4.42. The van der Waals surface area contributed by atoms with Gasteiger partial charge in [0.2, 0.25) is 17.7 Å². The van der Waals surface area contributed by atoms with Gasteiger partial charge >= 0.3 is 0 Å². The molecule has 4 aliphatic rings. The highest BCUT2D eigenvalue weighted by Crippen LogP contribution is 2.42. The lowest BCUT2D eigenvalue weighted by atomic mass is 9.80. The van der Waals surface area contributed by atoms with Crippen molar-refractivity contribution in [1.29, 1.82) is 0 Å². The molecule has 184 valence electrons. The molecule has 1 aromatic carbocycles. The van der Waals surface area contributed by atoms with Crippen LogP contribution < -0.4 is 15.5 Å². The van der Waals surface area contributed by atoms with Crippen molar-refractivity contribution in [3.05, 3.63) is 29.3 Å². The third-order valence-corrected chi connectivity index (χ3v) is 7.98. The molecule has 2 aliphatic heterocycles. The van der Waals surface area contributed by atoms with Gasteiger partial charge in [-0.3, -0.25) is 19.7 Å². The van der Waals surface area contributed by atoms with Crippen LogP contribution in [0.15, 0.2) is 18.2 Å². The van der Waals surface area contributed by atoms with E-state index in [0.29, 0.717) is 25.1 Å². The number of nitrogens with zero attached hydrogens (tertiary/aromatic N) is 2. The highest BCUT2D eigenvalue weighted by Gasteiger charge is 2.45. The van der Waals surface area contributed by atoms with E-state index in [9.17, 15) is 23.2 Å². The van der Waals surface area contributed by atoms with Gasteiger partial charge in [0, 0.05) is 56.2 Å². The smallest absolute Gasteiger partial charge is 0.255 e. The van der Waals surface area contributed by atoms with Crippen molar-refractivity contribution in [2.75, 3.05) is 18.5 Å². The molecule has 34 heavy (non-hydrogen) atoms. The molecule has 0 aromatic heterocycles. The molecule has 1 unspecified atom stereocenters. The van der Waals surface area contributed by atoms with Gasteiger partial charge in [-0.25, -0.2) is 8.78 Å². The number of rotatable bonds is 6. The van der Waals surface area contributed by atoms with E-state index in [-0.39, 0.29) is 49.1 Å². The summed E-state index contributed by atoms with van der Waals surface area (Å²) in [6.07, 6.45) is 4.84. The van der Waals surface area contributed by atoms with E-state index in [1.165, 1.54) is 0 Å². The van der Waals surface area contributed by atoms with Crippen molar-refractivity contribution in [3.63, 3.8) is 0 Å². The maximum atomic E-state index is 13.2. The van der Waals surface area contributed by atoms with Crippen LogP contribution in [0, 0.1) is 5.92 Å². The average Bonchev–Trinajstić information content (AvgIpc) is 3.11. The maximum Gasteiger partial charge on any atom is 0.255 e. The SMILES string of the molecule is CN(c1ccc2c(c1)CN(C1CCC(=O)NC1=O)C2=O)[C@H]1CCCC[C@@H]1NCC1CC(F)(F)C1. The normalized spacial score (nSPS) is 29.0. The van der Waals surface area contributed by atoms with Crippen LogP contribution in [0.2, 0.25) is 0 Å². The summed E-state index contributed by atoms with van der Waals surface area (Å²) < 4.78 is 26.4. The van der Waals surface area contributed by atoms with Crippen LogP contribution in [0.25, 0.3) is 0 Å². The predicted molar refractivity (Wildman–Crippen MR) is 123 cm³/mol. The summed E-state index contributed by atoms with van der Waals surface area (Å²) in [4.78, 5) is 40.6. The lowest BCUT2D eigenvalue weighted by molar-refractivity contribution is -0.136. The Balaban J connectivity index is 1.26. The summed E-state index contributed by atoms with van der Waals surface area (Å²) >= 11 is 0. The molecule has 5 rings (SSSR count). The van der Waals surface area contributed by atoms with Gasteiger partial charge in [0.15, 0.2) is 0 Å². The Labute approximate surface area is 198 Å². The molecule has 0 bridgehead atoms. The standard InChI is InChI=1S/C25H32F2N4O3/c1-30(20-5-3-2-4-19(20)28-13-15-11-25(26,27)12-15)17-6-7-18-16(10-17)14-31(24(18)34)21-8-9-22(32)29-23(21)33/h6-7,10,15,19-21,28H,2-5,8-9,11-14H2,1H3,(H,29,32,33)/t19-,20-,21?/m0/s1. The number of anilines is 1. The molecule has 3 fully saturated rings. The van der Waals surface area contributed by atoms with Crippen molar-refractivity contribution >= 4 is 23.4 Å². The fourth-order valence-corrected chi connectivity index (χ4v) is 6.03. The second-order valence-electron chi connectivity index (χ2n) is 10.3. The highest BCUT2D eigenvalue weighted by molar-refractivity contribution is 6.05. The van der Waals surface area contributed by atoms with Gasteiger partial charge in [-0.15, -0.1) is 0 Å². The number of likely N-dealkylation sites (N-methyl/N-ethyl adjacent to an activating group) is 1. The quantitative estimate of drug-likeness (QED) is 0.620. The number of halogens is 2. The molecule has 1 aromatic rings. The molecular formula is C25H32F2N4O3. The molecule has 0 spiro atoms. The molecule has 2 saturated carbocycles. The van der Waals surface area contributed by atoms with Crippen molar-refractivity contribution in [1.82, 2.24) is 15.5 Å². The van der Waals surface area contributed by atoms with Crippen molar-refractivity contribution < 1.29 is 23.2 Å². The molecule has 9 heteroatoms. The Morgan fingerprint density at radius 1 is 1.15 bits per heavy atom. The molecule has 3 amide bonds. The molecule has 0 radical (unpaired) electrons. The van der Waals surface area contributed by atoms with Gasteiger partial charge in [-0.1, -0.05) is 12.8 Å². The molecule has 1 saturated heterocycles. The summed E-state index contributed by atoms with van der Waals surface area (Å²) in [5, 5.41) is 5.91. The topological polar surface area (TPSA) is 81.8 Å². The first-order valence-electron chi connectivity index (χ1n) is 12.3. The van der Waals surface area contributed by atoms with Crippen LogP contribution in [0.5, 0.6) is 0 Å². The fourth-order valence-electron chi connectivity index (χ4n) is 6.03. The number of imide groups is 1. The zero-order valence-electron chi connectivity index (χ0n) is 19.5. The number of benzene rings is 1. The van der Waals surface area contributed by atoms with Gasteiger partial charge in [0.25, 0.3) is 5.91 Å².